The number of benzene rings is 2. The van der Waals surface area contributed by atoms with Crippen molar-refractivity contribution in [3.8, 4) is 11.5 Å². The molecule has 0 bridgehead atoms. The van der Waals surface area contributed by atoms with Crippen LogP contribution in [0.25, 0.3) is 11.0 Å². The van der Waals surface area contributed by atoms with Crippen LogP contribution >= 0.6 is 27.3 Å². The summed E-state index contributed by atoms with van der Waals surface area (Å²) in [5.41, 5.74) is 0.738. The molecular formula is C19H12BrN3O3S. The summed E-state index contributed by atoms with van der Waals surface area (Å²) in [6, 6.07) is 15.2. The van der Waals surface area contributed by atoms with Crippen molar-refractivity contribution in [2.45, 2.75) is 6.10 Å². The van der Waals surface area contributed by atoms with E-state index in [-0.39, 0.29) is 5.56 Å². The van der Waals surface area contributed by atoms with E-state index >= 15 is 0 Å². The molecule has 6 nitrogen and oxygen atoms in total. The van der Waals surface area contributed by atoms with Gasteiger partial charge in [0, 0.05) is 4.47 Å². The van der Waals surface area contributed by atoms with Gasteiger partial charge in [-0.05, 0) is 29.8 Å². The Balaban J connectivity index is 1.52. The van der Waals surface area contributed by atoms with Crippen molar-refractivity contribution < 1.29 is 9.47 Å². The molecule has 1 aliphatic heterocycles. The standard InChI is InChI=1S/C19H12BrN3O3S/c20-12-6-2-1-5-11(12)9-16-18(24)23-19(27-16)21-17(22-23)15-10-25-13-7-3-4-8-14(13)26-15/h1-9,15H,10H2. The van der Waals surface area contributed by atoms with Crippen LogP contribution in [0.1, 0.15) is 17.5 Å². The zero-order valence-electron chi connectivity index (χ0n) is 13.8. The van der Waals surface area contributed by atoms with Crippen LogP contribution in [0.15, 0.2) is 57.8 Å². The van der Waals surface area contributed by atoms with Crippen LogP contribution in [-0.2, 0) is 0 Å². The fourth-order valence-corrected chi connectivity index (χ4v) is 4.17. The molecule has 0 aliphatic carbocycles. The first-order valence-corrected chi connectivity index (χ1v) is 9.84. The number of fused-ring (bicyclic) bond motifs is 2. The Hall–Kier alpha value is -2.71. The fourth-order valence-electron chi connectivity index (χ4n) is 2.87. The summed E-state index contributed by atoms with van der Waals surface area (Å²) >= 11 is 4.79. The average molecular weight is 442 g/mol. The lowest BCUT2D eigenvalue weighted by atomic mass is 10.2. The van der Waals surface area contributed by atoms with Crippen molar-refractivity contribution in [1.82, 2.24) is 14.6 Å². The number of hydrogen-bond acceptors (Lipinski definition) is 6. The first-order chi connectivity index (χ1) is 13.2. The topological polar surface area (TPSA) is 65.7 Å². The molecule has 0 N–H and O–H groups in total. The molecule has 2 aromatic carbocycles. The summed E-state index contributed by atoms with van der Waals surface area (Å²) in [6.07, 6.45) is 1.39. The summed E-state index contributed by atoms with van der Waals surface area (Å²) in [6.45, 7) is 0.305. The lowest BCUT2D eigenvalue weighted by Crippen LogP contribution is -2.26. The van der Waals surface area contributed by atoms with E-state index in [9.17, 15) is 4.79 Å². The zero-order chi connectivity index (χ0) is 18.4. The van der Waals surface area contributed by atoms with Crippen LogP contribution in [0.3, 0.4) is 0 Å². The maximum Gasteiger partial charge on any atom is 0.291 e. The molecule has 8 heteroatoms. The number of para-hydroxylation sites is 2. The summed E-state index contributed by atoms with van der Waals surface area (Å²) in [5.74, 6) is 1.79. The second kappa shape index (κ2) is 6.47. The van der Waals surface area contributed by atoms with Gasteiger partial charge in [0.25, 0.3) is 5.56 Å². The highest BCUT2D eigenvalue weighted by Crippen LogP contribution is 2.35. The van der Waals surface area contributed by atoms with Crippen LogP contribution in [0.4, 0.5) is 0 Å². The first kappa shape index (κ1) is 16.5. The molecule has 1 unspecified atom stereocenters. The molecular weight excluding hydrogens is 430 g/mol. The first-order valence-electron chi connectivity index (χ1n) is 8.23. The average Bonchev–Trinajstić information content (AvgIpc) is 3.23. The SMILES string of the molecule is O=c1c(=Cc2ccccc2Br)sc2nc(C3COc4ccccc4O3)nn12. The van der Waals surface area contributed by atoms with Crippen LogP contribution in [0.2, 0.25) is 0 Å². The van der Waals surface area contributed by atoms with Crippen LogP contribution in [-0.4, -0.2) is 21.2 Å². The number of nitrogens with zero attached hydrogens (tertiary/aromatic N) is 3. The van der Waals surface area contributed by atoms with Gasteiger partial charge in [0.15, 0.2) is 23.4 Å². The summed E-state index contributed by atoms with van der Waals surface area (Å²) in [4.78, 5) is 17.7. The third-order valence-electron chi connectivity index (χ3n) is 4.19. The molecule has 0 fully saturated rings. The van der Waals surface area contributed by atoms with Crippen LogP contribution in [0.5, 0.6) is 11.5 Å². The lowest BCUT2D eigenvalue weighted by molar-refractivity contribution is 0.0852. The normalized spacial score (nSPS) is 16.8. The lowest BCUT2D eigenvalue weighted by Gasteiger charge is -2.24. The molecule has 1 atom stereocenters. The largest absolute Gasteiger partial charge is 0.485 e. The summed E-state index contributed by atoms with van der Waals surface area (Å²) < 4.78 is 14.5. The van der Waals surface area contributed by atoms with E-state index in [4.69, 9.17) is 9.47 Å². The van der Waals surface area contributed by atoms with Gasteiger partial charge in [0.2, 0.25) is 4.96 Å². The van der Waals surface area contributed by atoms with Gasteiger partial charge in [-0.1, -0.05) is 57.6 Å². The van der Waals surface area contributed by atoms with Crippen molar-refractivity contribution in [1.29, 1.82) is 0 Å². The van der Waals surface area contributed by atoms with E-state index in [1.807, 2.05) is 54.6 Å². The highest BCUT2D eigenvalue weighted by atomic mass is 79.9. The molecule has 1 aliphatic rings. The molecule has 0 radical (unpaired) electrons. The molecule has 0 saturated carbocycles. The van der Waals surface area contributed by atoms with Crippen molar-refractivity contribution in [2.75, 3.05) is 6.61 Å². The Bertz CT molecular complexity index is 1270. The van der Waals surface area contributed by atoms with Gasteiger partial charge in [-0.2, -0.15) is 9.50 Å². The highest BCUT2D eigenvalue weighted by Gasteiger charge is 2.27. The predicted molar refractivity (Wildman–Crippen MR) is 105 cm³/mol. The van der Waals surface area contributed by atoms with Crippen molar-refractivity contribution >= 4 is 38.3 Å². The van der Waals surface area contributed by atoms with Crippen LogP contribution < -0.4 is 19.6 Å². The van der Waals surface area contributed by atoms with E-state index < -0.39 is 6.10 Å². The molecule has 2 aromatic heterocycles. The number of ether oxygens (including phenoxy) is 2. The Labute approximate surface area is 165 Å². The van der Waals surface area contributed by atoms with Gasteiger partial charge in [0.1, 0.15) is 6.61 Å². The van der Waals surface area contributed by atoms with Gasteiger partial charge in [-0.3, -0.25) is 4.79 Å². The molecule has 0 amide bonds. The molecule has 5 rings (SSSR count). The minimum atomic E-state index is -0.443. The molecule has 3 heterocycles. The third kappa shape index (κ3) is 2.90. The van der Waals surface area contributed by atoms with E-state index in [0.717, 1.165) is 10.0 Å². The molecule has 0 saturated heterocycles. The van der Waals surface area contributed by atoms with Gasteiger partial charge in [0.05, 0.1) is 4.53 Å². The Morgan fingerprint density at radius 2 is 1.93 bits per heavy atom. The fraction of sp³-hybridized carbons (Fsp3) is 0.105. The monoisotopic (exact) mass is 441 g/mol. The number of aromatic nitrogens is 3. The van der Waals surface area contributed by atoms with E-state index in [1.54, 1.807) is 0 Å². The van der Waals surface area contributed by atoms with Crippen molar-refractivity contribution in [2.24, 2.45) is 0 Å². The minimum absolute atomic E-state index is 0.193. The van der Waals surface area contributed by atoms with Gasteiger partial charge >= 0.3 is 0 Å². The maximum absolute atomic E-state index is 12.7. The smallest absolute Gasteiger partial charge is 0.291 e. The highest BCUT2D eigenvalue weighted by molar-refractivity contribution is 9.10. The zero-order valence-corrected chi connectivity index (χ0v) is 16.2. The number of hydrogen-bond donors (Lipinski definition) is 0. The van der Waals surface area contributed by atoms with Crippen molar-refractivity contribution in [3.63, 3.8) is 0 Å². The van der Waals surface area contributed by atoms with Crippen molar-refractivity contribution in [3.05, 3.63) is 79.3 Å². The summed E-state index contributed by atoms with van der Waals surface area (Å²) in [5, 5.41) is 4.36. The van der Waals surface area contributed by atoms with Gasteiger partial charge in [-0.15, -0.1) is 5.10 Å². The maximum atomic E-state index is 12.7. The summed E-state index contributed by atoms with van der Waals surface area (Å²) in [7, 11) is 0. The Kier molecular flexibility index (Phi) is 3.95. The number of thiazole rings is 1. The quantitative estimate of drug-likeness (QED) is 0.478. The molecule has 4 aromatic rings. The molecule has 27 heavy (non-hydrogen) atoms. The Morgan fingerprint density at radius 3 is 2.74 bits per heavy atom. The van der Waals surface area contributed by atoms with Gasteiger partial charge < -0.3 is 9.47 Å². The van der Waals surface area contributed by atoms with Crippen LogP contribution in [0, 0.1) is 0 Å². The second-order valence-electron chi connectivity index (χ2n) is 5.97. The van der Waals surface area contributed by atoms with E-state index in [2.05, 4.69) is 26.0 Å². The van der Waals surface area contributed by atoms with Gasteiger partial charge in [-0.25, -0.2) is 0 Å². The minimum Gasteiger partial charge on any atom is -0.485 e. The van der Waals surface area contributed by atoms with E-state index in [0.29, 0.717) is 33.4 Å². The second-order valence-corrected chi connectivity index (χ2v) is 7.83. The predicted octanol–water partition coefficient (Wildman–Crippen LogP) is 2.97. The number of rotatable bonds is 2. The molecule has 134 valence electrons. The Morgan fingerprint density at radius 1 is 1.15 bits per heavy atom. The number of halogens is 1. The molecule has 0 spiro atoms. The van der Waals surface area contributed by atoms with E-state index in [1.165, 1.54) is 15.9 Å². The third-order valence-corrected chi connectivity index (χ3v) is 5.87.